The Labute approximate surface area is 172 Å². The third-order valence-electron chi connectivity index (χ3n) is 7.73. The molecule has 1 aromatic rings. The Balaban J connectivity index is 1.43. The number of hydrogen-bond donors (Lipinski definition) is 1. The van der Waals surface area contributed by atoms with E-state index in [-0.39, 0.29) is 17.7 Å². The van der Waals surface area contributed by atoms with E-state index in [1.165, 1.54) is 0 Å². The van der Waals surface area contributed by atoms with Gasteiger partial charge in [0.15, 0.2) is 0 Å². The number of nitrogens with one attached hydrogen (secondary N) is 1. The van der Waals surface area contributed by atoms with Crippen molar-refractivity contribution in [3.8, 4) is 0 Å². The molecule has 0 bridgehead atoms. The fraction of sp³-hybridized carbons (Fsp3) is 0.652. The van der Waals surface area contributed by atoms with E-state index in [1.54, 1.807) is 7.11 Å². The molecule has 6 nitrogen and oxygen atoms in total. The van der Waals surface area contributed by atoms with Crippen LogP contribution in [-0.2, 0) is 19.9 Å². The van der Waals surface area contributed by atoms with Crippen LogP contribution in [0.15, 0.2) is 24.3 Å². The minimum atomic E-state index is -0.818. The zero-order chi connectivity index (χ0) is 20.0. The van der Waals surface area contributed by atoms with Crippen LogP contribution in [0.3, 0.4) is 0 Å². The summed E-state index contributed by atoms with van der Waals surface area (Å²) in [7, 11) is 1.74. The van der Waals surface area contributed by atoms with Crippen molar-refractivity contribution >= 4 is 17.5 Å². The van der Waals surface area contributed by atoms with E-state index in [2.05, 4.69) is 10.2 Å². The fourth-order valence-electron chi connectivity index (χ4n) is 6.31. The third-order valence-corrected chi connectivity index (χ3v) is 7.73. The van der Waals surface area contributed by atoms with Crippen LogP contribution < -0.4 is 5.32 Å². The average molecular weight is 398 g/mol. The van der Waals surface area contributed by atoms with Crippen molar-refractivity contribution in [1.29, 1.82) is 0 Å². The summed E-state index contributed by atoms with van der Waals surface area (Å²) in [6.07, 6.45) is 6.12. The summed E-state index contributed by atoms with van der Waals surface area (Å²) in [6.45, 7) is 3.29. The zero-order valence-corrected chi connectivity index (χ0v) is 17.2. The number of hydrogen-bond acceptors (Lipinski definition) is 4. The number of methoxy groups -OCH3 is 1. The molecule has 0 saturated carbocycles. The fourth-order valence-corrected chi connectivity index (χ4v) is 6.31. The Bertz CT molecular complexity index is 804. The monoisotopic (exact) mass is 397 g/mol. The molecule has 0 radical (unpaired) electrons. The summed E-state index contributed by atoms with van der Waals surface area (Å²) in [6, 6.07) is 8.29. The number of ether oxygens (including phenoxy) is 1. The second-order valence-electron chi connectivity index (χ2n) is 9.09. The lowest BCUT2D eigenvalue weighted by atomic mass is 9.77. The van der Waals surface area contributed by atoms with Gasteiger partial charge in [-0.05, 0) is 57.1 Å². The number of anilines is 1. The summed E-state index contributed by atoms with van der Waals surface area (Å²) in [4.78, 5) is 31.6. The predicted molar refractivity (Wildman–Crippen MR) is 110 cm³/mol. The largest absolute Gasteiger partial charge is 0.385 e. The SMILES string of the molecule is COCCC1CCN(C(=O)[C@@H]2C[C@H]3CCCN3[C@]23C(=O)Nc2ccccc23)CC1. The van der Waals surface area contributed by atoms with Crippen LogP contribution in [0.2, 0.25) is 0 Å². The van der Waals surface area contributed by atoms with Crippen LogP contribution in [0.25, 0.3) is 0 Å². The molecule has 1 N–H and O–H groups in total. The van der Waals surface area contributed by atoms with Crippen LogP contribution in [0.1, 0.15) is 44.1 Å². The third kappa shape index (κ3) is 2.83. The molecule has 2 amide bonds. The molecule has 6 heteroatoms. The number of amides is 2. The number of rotatable bonds is 4. The molecule has 4 aliphatic heterocycles. The molecule has 1 aromatic carbocycles. The topological polar surface area (TPSA) is 61.9 Å². The van der Waals surface area contributed by atoms with Crippen molar-refractivity contribution in [2.24, 2.45) is 11.8 Å². The molecule has 0 unspecified atom stereocenters. The quantitative estimate of drug-likeness (QED) is 0.848. The first kappa shape index (κ1) is 19.1. The highest BCUT2D eigenvalue weighted by molar-refractivity contribution is 6.09. The molecule has 3 fully saturated rings. The highest BCUT2D eigenvalue weighted by Crippen LogP contribution is 2.55. The molecule has 3 atom stereocenters. The van der Waals surface area contributed by atoms with E-state index in [0.29, 0.717) is 12.0 Å². The molecule has 156 valence electrons. The number of carbonyl (C=O) groups excluding carboxylic acids is 2. The maximum atomic E-state index is 13.8. The van der Waals surface area contributed by atoms with Gasteiger partial charge >= 0.3 is 0 Å². The molecular formula is C23H31N3O3. The van der Waals surface area contributed by atoms with Crippen LogP contribution in [0.4, 0.5) is 5.69 Å². The van der Waals surface area contributed by atoms with E-state index in [1.807, 2.05) is 29.2 Å². The first-order valence-corrected chi connectivity index (χ1v) is 11.1. The van der Waals surface area contributed by atoms with Crippen LogP contribution in [0.5, 0.6) is 0 Å². The normalized spacial score (nSPS) is 31.9. The molecule has 29 heavy (non-hydrogen) atoms. The van der Waals surface area contributed by atoms with E-state index in [0.717, 1.165) is 76.0 Å². The van der Waals surface area contributed by atoms with E-state index >= 15 is 0 Å². The van der Waals surface area contributed by atoms with Crippen molar-refractivity contribution in [3.05, 3.63) is 29.8 Å². The van der Waals surface area contributed by atoms with E-state index in [4.69, 9.17) is 4.74 Å². The van der Waals surface area contributed by atoms with Crippen molar-refractivity contribution in [1.82, 2.24) is 9.80 Å². The van der Waals surface area contributed by atoms with E-state index < -0.39 is 5.54 Å². The first-order valence-electron chi connectivity index (χ1n) is 11.1. The lowest BCUT2D eigenvalue weighted by Crippen LogP contribution is -2.55. The van der Waals surface area contributed by atoms with Gasteiger partial charge in [0.2, 0.25) is 11.8 Å². The maximum absolute atomic E-state index is 13.8. The van der Waals surface area contributed by atoms with Gasteiger partial charge in [-0.3, -0.25) is 14.5 Å². The Hall–Kier alpha value is -1.92. The Morgan fingerprint density at radius 2 is 2.00 bits per heavy atom. The molecule has 0 aromatic heterocycles. The molecule has 3 saturated heterocycles. The molecule has 5 rings (SSSR count). The van der Waals surface area contributed by atoms with Gasteiger partial charge in [-0.25, -0.2) is 0 Å². The van der Waals surface area contributed by atoms with Crippen molar-refractivity contribution in [2.45, 2.75) is 50.1 Å². The van der Waals surface area contributed by atoms with Crippen molar-refractivity contribution in [2.75, 3.05) is 38.7 Å². The molecule has 1 spiro atoms. The van der Waals surface area contributed by atoms with Crippen molar-refractivity contribution < 1.29 is 14.3 Å². The summed E-state index contributed by atoms with van der Waals surface area (Å²) < 4.78 is 5.22. The first-order chi connectivity index (χ1) is 14.2. The van der Waals surface area contributed by atoms with Gasteiger partial charge in [-0.15, -0.1) is 0 Å². The van der Waals surface area contributed by atoms with Crippen LogP contribution in [-0.4, -0.2) is 61.0 Å². The Morgan fingerprint density at radius 3 is 2.79 bits per heavy atom. The maximum Gasteiger partial charge on any atom is 0.250 e. The minimum absolute atomic E-state index is 0.00331. The lowest BCUT2D eigenvalue weighted by molar-refractivity contribution is -0.145. The van der Waals surface area contributed by atoms with Gasteiger partial charge in [-0.2, -0.15) is 0 Å². The van der Waals surface area contributed by atoms with Crippen LogP contribution in [0, 0.1) is 11.8 Å². The molecule has 4 heterocycles. The van der Waals surface area contributed by atoms with Gasteiger partial charge in [0, 0.05) is 44.1 Å². The minimum Gasteiger partial charge on any atom is -0.385 e. The second kappa shape index (κ2) is 7.40. The summed E-state index contributed by atoms with van der Waals surface area (Å²) >= 11 is 0. The smallest absolute Gasteiger partial charge is 0.250 e. The number of piperidine rings is 1. The average Bonchev–Trinajstić information content (AvgIpc) is 3.41. The predicted octanol–water partition coefficient (Wildman–Crippen LogP) is 2.59. The summed E-state index contributed by atoms with van der Waals surface area (Å²) in [5.74, 6) is 0.523. The standard InChI is InChI=1S/C23H31N3O3/c1-29-14-10-16-8-12-25(13-9-16)21(27)19-15-17-5-4-11-26(17)23(19)18-6-2-3-7-20(18)24-22(23)28/h2-3,6-7,16-17,19H,4-5,8-15H2,1H3,(H,24,28)/t17-,19+,23+/m1/s1. The number of likely N-dealkylation sites (tertiary alicyclic amines) is 1. The van der Waals surface area contributed by atoms with Gasteiger partial charge in [0.1, 0.15) is 5.54 Å². The number of carbonyl (C=O) groups is 2. The Kier molecular flexibility index (Phi) is 4.87. The number of benzene rings is 1. The van der Waals surface area contributed by atoms with Gasteiger partial charge in [0.05, 0.1) is 5.92 Å². The summed E-state index contributed by atoms with van der Waals surface area (Å²) in [5, 5.41) is 3.10. The second-order valence-corrected chi connectivity index (χ2v) is 9.09. The zero-order valence-electron chi connectivity index (χ0n) is 17.2. The van der Waals surface area contributed by atoms with Gasteiger partial charge in [0.25, 0.3) is 0 Å². The van der Waals surface area contributed by atoms with E-state index in [9.17, 15) is 9.59 Å². The van der Waals surface area contributed by atoms with Crippen molar-refractivity contribution in [3.63, 3.8) is 0 Å². The van der Waals surface area contributed by atoms with Gasteiger partial charge in [-0.1, -0.05) is 18.2 Å². The lowest BCUT2D eigenvalue weighted by Gasteiger charge is -2.40. The highest BCUT2D eigenvalue weighted by Gasteiger charge is 2.65. The number of para-hydroxylation sites is 1. The number of nitrogens with zero attached hydrogens (tertiary/aromatic N) is 2. The Morgan fingerprint density at radius 1 is 1.21 bits per heavy atom. The van der Waals surface area contributed by atoms with Gasteiger partial charge < -0.3 is 15.0 Å². The molecule has 0 aliphatic carbocycles. The molecule has 4 aliphatic rings. The summed E-state index contributed by atoms with van der Waals surface area (Å²) in [5.41, 5.74) is 1.06. The molecular weight excluding hydrogens is 366 g/mol. The van der Waals surface area contributed by atoms with Crippen LogP contribution >= 0.6 is 0 Å². The number of fused-ring (bicyclic) bond motifs is 4. The highest BCUT2D eigenvalue weighted by atomic mass is 16.5.